The quantitative estimate of drug-likeness (QED) is 0.846. The Morgan fingerprint density at radius 3 is 2.68 bits per heavy atom. The summed E-state index contributed by atoms with van der Waals surface area (Å²) in [5, 5.41) is 3.35. The summed E-state index contributed by atoms with van der Waals surface area (Å²) in [5.74, 6) is 1.02. The third-order valence-electron chi connectivity index (χ3n) is 5.33. The minimum atomic E-state index is 0. The van der Waals surface area contributed by atoms with Gasteiger partial charge in [-0.1, -0.05) is 19.3 Å². The number of carbonyl (C=O) groups excluding carboxylic acids is 1. The van der Waals surface area contributed by atoms with Crippen LogP contribution in [-0.2, 0) is 4.79 Å². The predicted octanol–water partition coefficient (Wildman–Crippen LogP) is 2.59. The molecule has 0 aromatic carbocycles. The van der Waals surface area contributed by atoms with Gasteiger partial charge in [0.05, 0.1) is 0 Å². The van der Waals surface area contributed by atoms with Crippen molar-refractivity contribution in [3.05, 3.63) is 0 Å². The molecule has 2 aliphatic heterocycles. The number of carbonyl (C=O) groups is 1. The molecule has 3 nitrogen and oxygen atoms in total. The van der Waals surface area contributed by atoms with Crippen LogP contribution in [0.3, 0.4) is 0 Å². The number of rotatable bonds is 2. The third-order valence-corrected chi connectivity index (χ3v) is 5.33. The van der Waals surface area contributed by atoms with E-state index >= 15 is 0 Å². The Morgan fingerprint density at radius 1 is 1.21 bits per heavy atom. The summed E-state index contributed by atoms with van der Waals surface area (Å²) in [6.45, 7) is 4.23. The molecule has 0 aromatic rings. The Kier molecular flexibility index (Phi) is 5.13. The lowest BCUT2D eigenvalue weighted by molar-refractivity contribution is -0.131. The van der Waals surface area contributed by atoms with Gasteiger partial charge in [0.2, 0.25) is 5.91 Å². The zero-order valence-electron chi connectivity index (χ0n) is 11.8. The Labute approximate surface area is 122 Å². The molecule has 0 bridgehead atoms. The van der Waals surface area contributed by atoms with E-state index in [9.17, 15) is 4.79 Å². The van der Waals surface area contributed by atoms with Crippen molar-refractivity contribution >= 4 is 18.3 Å². The van der Waals surface area contributed by atoms with Crippen molar-refractivity contribution in [3.63, 3.8) is 0 Å². The highest BCUT2D eigenvalue weighted by Gasteiger charge is 2.40. The minimum absolute atomic E-state index is 0. The van der Waals surface area contributed by atoms with Gasteiger partial charge >= 0.3 is 0 Å². The Balaban J connectivity index is 0.00000133. The van der Waals surface area contributed by atoms with Gasteiger partial charge in [0.1, 0.15) is 0 Å². The first-order chi connectivity index (χ1) is 8.77. The van der Waals surface area contributed by atoms with Crippen LogP contribution in [0.2, 0.25) is 0 Å². The van der Waals surface area contributed by atoms with Crippen LogP contribution < -0.4 is 5.32 Å². The molecule has 110 valence electrons. The molecule has 1 spiro atoms. The van der Waals surface area contributed by atoms with Crippen LogP contribution in [0.1, 0.15) is 51.4 Å². The summed E-state index contributed by atoms with van der Waals surface area (Å²) in [7, 11) is 0. The molecule has 1 saturated carbocycles. The maximum Gasteiger partial charge on any atom is 0.222 e. The first kappa shape index (κ1) is 15.1. The van der Waals surface area contributed by atoms with Crippen LogP contribution in [0.25, 0.3) is 0 Å². The van der Waals surface area contributed by atoms with Crippen molar-refractivity contribution in [1.29, 1.82) is 0 Å². The molecule has 19 heavy (non-hydrogen) atoms. The SMILES string of the molecule is Cl.O=C(CC1CCNC1)N1CCC2(CCCCC2)C1. The summed E-state index contributed by atoms with van der Waals surface area (Å²) in [6.07, 6.45) is 10.1. The van der Waals surface area contributed by atoms with Gasteiger partial charge in [-0.15, -0.1) is 12.4 Å². The summed E-state index contributed by atoms with van der Waals surface area (Å²) >= 11 is 0. The monoisotopic (exact) mass is 286 g/mol. The second-order valence-corrected chi connectivity index (χ2v) is 6.69. The Morgan fingerprint density at radius 2 is 2.00 bits per heavy atom. The first-order valence-electron chi connectivity index (χ1n) is 7.76. The molecule has 1 N–H and O–H groups in total. The van der Waals surface area contributed by atoms with Crippen LogP contribution in [0.4, 0.5) is 0 Å². The van der Waals surface area contributed by atoms with Gasteiger partial charge in [-0.2, -0.15) is 0 Å². The number of amides is 1. The molecule has 1 unspecified atom stereocenters. The van der Waals surface area contributed by atoms with Gasteiger partial charge in [-0.25, -0.2) is 0 Å². The average Bonchev–Trinajstić information content (AvgIpc) is 3.01. The Hall–Kier alpha value is -0.280. The smallest absolute Gasteiger partial charge is 0.222 e. The van der Waals surface area contributed by atoms with E-state index in [2.05, 4.69) is 10.2 Å². The maximum atomic E-state index is 12.3. The number of nitrogens with zero attached hydrogens (tertiary/aromatic N) is 1. The van der Waals surface area contributed by atoms with E-state index in [1.165, 1.54) is 44.9 Å². The topological polar surface area (TPSA) is 32.3 Å². The second-order valence-electron chi connectivity index (χ2n) is 6.69. The standard InChI is InChI=1S/C15H26N2O.ClH/c18-14(10-13-4-8-16-11-13)17-9-7-15(12-17)5-2-1-3-6-15;/h13,16H,1-12H2;1H. The largest absolute Gasteiger partial charge is 0.342 e. The summed E-state index contributed by atoms with van der Waals surface area (Å²) in [6, 6.07) is 0. The fraction of sp³-hybridized carbons (Fsp3) is 0.933. The van der Waals surface area contributed by atoms with Crippen molar-refractivity contribution in [2.45, 2.75) is 51.4 Å². The van der Waals surface area contributed by atoms with Crippen LogP contribution in [0.5, 0.6) is 0 Å². The van der Waals surface area contributed by atoms with E-state index in [4.69, 9.17) is 0 Å². The summed E-state index contributed by atoms with van der Waals surface area (Å²) in [5.41, 5.74) is 0.516. The van der Waals surface area contributed by atoms with E-state index in [1.54, 1.807) is 0 Å². The lowest BCUT2D eigenvalue weighted by atomic mass is 9.73. The van der Waals surface area contributed by atoms with Gasteiger partial charge in [0.15, 0.2) is 0 Å². The third kappa shape index (κ3) is 3.43. The number of hydrogen-bond acceptors (Lipinski definition) is 2. The molecule has 0 radical (unpaired) electrons. The lowest BCUT2D eigenvalue weighted by Crippen LogP contribution is -2.34. The highest BCUT2D eigenvalue weighted by Crippen LogP contribution is 2.43. The van der Waals surface area contributed by atoms with Gasteiger partial charge in [-0.3, -0.25) is 4.79 Å². The molecule has 3 rings (SSSR count). The van der Waals surface area contributed by atoms with E-state index in [1.807, 2.05) is 0 Å². The van der Waals surface area contributed by atoms with E-state index in [0.29, 0.717) is 17.2 Å². The van der Waals surface area contributed by atoms with Gasteiger partial charge in [0.25, 0.3) is 0 Å². The van der Waals surface area contributed by atoms with E-state index in [-0.39, 0.29) is 12.4 Å². The lowest BCUT2D eigenvalue weighted by Gasteiger charge is -2.33. The van der Waals surface area contributed by atoms with Crippen molar-refractivity contribution < 1.29 is 4.79 Å². The van der Waals surface area contributed by atoms with Crippen molar-refractivity contribution in [3.8, 4) is 0 Å². The maximum absolute atomic E-state index is 12.3. The van der Waals surface area contributed by atoms with Crippen molar-refractivity contribution in [2.75, 3.05) is 26.2 Å². The van der Waals surface area contributed by atoms with Crippen molar-refractivity contribution in [1.82, 2.24) is 10.2 Å². The highest BCUT2D eigenvalue weighted by atomic mass is 35.5. The fourth-order valence-corrected chi connectivity index (χ4v) is 4.12. The molecular formula is C15H27ClN2O. The molecule has 1 atom stereocenters. The molecule has 2 heterocycles. The Bertz CT molecular complexity index is 309. The molecule has 3 aliphatic rings. The number of hydrogen-bond donors (Lipinski definition) is 1. The zero-order valence-corrected chi connectivity index (χ0v) is 12.6. The molecule has 0 aromatic heterocycles. The normalized spacial score (nSPS) is 29.5. The minimum Gasteiger partial charge on any atom is -0.342 e. The summed E-state index contributed by atoms with van der Waals surface area (Å²) in [4.78, 5) is 14.5. The number of nitrogens with one attached hydrogen (secondary N) is 1. The predicted molar refractivity (Wildman–Crippen MR) is 79.6 cm³/mol. The fourth-order valence-electron chi connectivity index (χ4n) is 4.12. The first-order valence-corrected chi connectivity index (χ1v) is 7.76. The zero-order chi connectivity index (χ0) is 12.4. The van der Waals surface area contributed by atoms with E-state index < -0.39 is 0 Å². The van der Waals surface area contributed by atoms with Gasteiger partial charge < -0.3 is 10.2 Å². The highest BCUT2D eigenvalue weighted by molar-refractivity contribution is 5.85. The molecule has 3 fully saturated rings. The van der Waals surface area contributed by atoms with Crippen LogP contribution >= 0.6 is 12.4 Å². The molecule has 4 heteroatoms. The van der Waals surface area contributed by atoms with Gasteiger partial charge in [0, 0.05) is 19.5 Å². The van der Waals surface area contributed by atoms with E-state index in [0.717, 1.165) is 32.6 Å². The average molecular weight is 287 g/mol. The van der Waals surface area contributed by atoms with Crippen molar-refractivity contribution in [2.24, 2.45) is 11.3 Å². The van der Waals surface area contributed by atoms with Crippen LogP contribution in [-0.4, -0.2) is 37.0 Å². The molecular weight excluding hydrogens is 260 g/mol. The number of likely N-dealkylation sites (tertiary alicyclic amines) is 1. The molecule has 1 aliphatic carbocycles. The van der Waals surface area contributed by atoms with Crippen LogP contribution in [0.15, 0.2) is 0 Å². The second kappa shape index (κ2) is 6.45. The number of halogens is 1. The molecule has 2 saturated heterocycles. The summed E-state index contributed by atoms with van der Waals surface area (Å²) < 4.78 is 0. The van der Waals surface area contributed by atoms with Crippen LogP contribution in [0, 0.1) is 11.3 Å². The molecule has 1 amide bonds. The van der Waals surface area contributed by atoms with Gasteiger partial charge in [-0.05, 0) is 50.1 Å².